The molecule has 0 bridgehead atoms. The summed E-state index contributed by atoms with van der Waals surface area (Å²) in [6.07, 6.45) is 6.12. The van der Waals surface area contributed by atoms with E-state index in [1.807, 2.05) is 0 Å². The Bertz CT molecular complexity index is 337. The molecule has 0 atom stereocenters. The van der Waals surface area contributed by atoms with E-state index in [4.69, 9.17) is 5.73 Å². The third kappa shape index (κ3) is 2.12. The summed E-state index contributed by atoms with van der Waals surface area (Å²) in [7, 11) is 0. The van der Waals surface area contributed by atoms with Crippen LogP contribution in [-0.4, -0.2) is 21.5 Å². The summed E-state index contributed by atoms with van der Waals surface area (Å²) in [4.78, 5) is 0. The van der Waals surface area contributed by atoms with Crippen LogP contribution in [0, 0.1) is 0 Å². The lowest BCUT2D eigenvalue weighted by molar-refractivity contribution is 0.473. The van der Waals surface area contributed by atoms with E-state index in [-0.39, 0.29) is 0 Å². The van der Waals surface area contributed by atoms with E-state index < -0.39 is 0 Å². The van der Waals surface area contributed by atoms with Gasteiger partial charge < -0.3 is 5.73 Å². The molecule has 1 aliphatic rings. The van der Waals surface area contributed by atoms with E-state index in [0.717, 1.165) is 12.1 Å². The highest BCUT2D eigenvalue weighted by atomic mass is 15.4. The Morgan fingerprint density at radius 3 is 2.62 bits per heavy atom. The lowest BCUT2D eigenvalue weighted by atomic mass is 10.00. The van der Waals surface area contributed by atoms with Crippen molar-refractivity contribution in [1.29, 1.82) is 0 Å². The van der Waals surface area contributed by atoms with Gasteiger partial charge in [-0.05, 0) is 33.2 Å². The van der Waals surface area contributed by atoms with Gasteiger partial charge in [-0.1, -0.05) is 18.1 Å². The molecule has 0 unspecified atom stereocenters. The van der Waals surface area contributed by atoms with E-state index >= 15 is 0 Å². The number of hydrogen-bond acceptors (Lipinski definition) is 3. The monoisotopic (exact) mass is 222 g/mol. The molecule has 1 heterocycles. The van der Waals surface area contributed by atoms with Gasteiger partial charge in [-0.15, -0.1) is 5.10 Å². The molecule has 1 aliphatic carbocycles. The second-order valence-corrected chi connectivity index (χ2v) is 4.98. The first kappa shape index (κ1) is 11.6. The summed E-state index contributed by atoms with van der Waals surface area (Å²) < 4.78 is 2.10. The first-order chi connectivity index (χ1) is 7.74. The molecule has 0 aromatic carbocycles. The smallest absolute Gasteiger partial charge is 0.0874 e. The van der Waals surface area contributed by atoms with Gasteiger partial charge in [0.1, 0.15) is 0 Å². The summed E-state index contributed by atoms with van der Waals surface area (Å²) in [6, 6.07) is 0.398. The van der Waals surface area contributed by atoms with Crippen LogP contribution in [0.5, 0.6) is 0 Å². The summed E-state index contributed by atoms with van der Waals surface area (Å²) in [5.41, 5.74) is 8.12. The maximum Gasteiger partial charge on any atom is 0.0874 e. The van der Waals surface area contributed by atoms with Gasteiger partial charge in [0, 0.05) is 18.4 Å². The van der Waals surface area contributed by atoms with Crippen molar-refractivity contribution in [3.63, 3.8) is 0 Å². The summed E-state index contributed by atoms with van der Waals surface area (Å²) in [6.45, 7) is 5.00. The second-order valence-electron chi connectivity index (χ2n) is 4.98. The standard InChI is InChI=1S/C12H22N4/c1-9(2)16-12(10-5-3-4-6-10)11(7-8-13)14-15-16/h9-10H,3-8,13H2,1-2H3. The fraction of sp³-hybridized carbons (Fsp3) is 0.833. The van der Waals surface area contributed by atoms with Crippen LogP contribution in [-0.2, 0) is 6.42 Å². The predicted molar refractivity (Wildman–Crippen MR) is 64.4 cm³/mol. The number of hydrogen-bond donors (Lipinski definition) is 1. The van der Waals surface area contributed by atoms with Crippen LogP contribution in [0.1, 0.15) is 62.9 Å². The normalized spacial score (nSPS) is 17.5. The predicted octanol–water partition coefficient (Wildman–Crippen LogP) is 2.02. The maximum absolute atomic E-state index is 5.64. The van der Waals surface area contributed by atoms with E-state index in [1.165, 1.54) is 31.4 Å². The van der Waals surface area contributed by atoms with E-state index in [1.54, 1.807) is 0 Å². The molecule has 16 heavy (non-hydrogen) atoms. The number of nitrogens with two attached hydrogens (primary N) is 1. The summed E-state index contributed by atoms with van der Waals surface area (Å²) in [5, 5.41) is 8.59. The third-order valence-corrected chi connectivity index (χ3v) is 3.42. The van der Waals surface area contributed by atoms with Gasteiger partial charge in [0.2, 0.25) is 0 Å². The molecule has 0 aliphatic heterocycles. The van der Waals surface area contributed by atoms with Crippen LogP contribution >= 0.6 is 0 Å². The van der Waals surface area contributed by atoms with Gasteiger partial charge in [-0.25, -0.2) is 4.68 Å². The van der Waals surface area contributed by atoms with E-state index in [2.05, 4.69) is 28.8 Å². The Morgan fingerprint density at radius 1 is 1.38 bits per heavy atom. The average molecular weight is 222 g/mol. The average Bonchev–Trinajstić information content (AvgIpc) is 2.84. The highest BCUT2D eigenvalue weighted by Crippen LogP contribution is 2.36. The first-order valence-corrected chi connectivity index (χ1v) is 6.38. The lowest BCUT2D eigenvalue weighted by Gasteiger charge is -2.16. The summed E-state index contributed by atoms with van der Waals surface area (Å²) >= 11 is 0. The van der Waals surface area contributed by atoms with Gasteiger partial charge in [0.05, 0.1) is 11.4 Å². The zero-order chi connectivity index (χ0) is 11.5. The maximum atomic E-state index is 5.64. The van der Waals surface area contributed by atoms with Crippen molar-refractivity contribution in [3.05, 3.63) is 11.4 Å². The van der Waals surface area contributed by atoms with Crippen LogP contribution in [0.25, 0.3) is 0 Å². The number of nitrogens with zero attached hydrogens (tertiary/aromatic N) is 3. The Labute approximate surface area is 97.2 Å². The Hall–Kier alpha value is -0.900. The minimum Gasteiger partial charge on any atom is -0.330 e. The van der Waals surface area contributed by atoms with Crippen LogP contribution < -0.4 is 5.73 Å². The van der Waals surface area contributed by atoms with Crippen LogP contribution in [0.3, 0.4) is 0 Å². The quantitative estimate of drug-likeness (QED) is 0.848. The second kappa shape index (κ2) is 4.95. The molecule has 0 saturated heterocycles. The summed E-state index contributed by atoms with van der Waals surface area (Å²) in [5.74, 6) is 0.666. The molecule has 4 nitrogen and oxygen atoms in total. The van der Waals surface area contributed by atoms with Crippen molar-refractivity contribution >= 4 is 0 Å². The van der Waals surface area contributed by atoms with Gasteiger partial charge in [0.15, 0.2) is 0 Å². The largest absolute Gasteiger partial charge is 0.330 e. The van der Waals surface area contributed by atoms with Crippen LogP contribution in [0.15, 0.2) is 0 Å². The molecule has 1 fully saturated rings. The first-order valence-electron chi connectivity index (χ1n) is 6.38. The highest BCUT2D eigenvalue weighted by Gasteiger charge is 2.25. The molecule has 90 valence electrons. The molecular formula is C12H22N4. The SMILES string of the molecule is CC(C)n1nnc(CCN)c1C1CCCC1. The van der Waals surface area contributed by atoms with Gasteiger partial charge >= 0.3 is 0 Å². The molecule has 1 saturated carbocycles. The molecule has 2 N–H and O–H groups in total. The zero-order valence-electron chi connectivity index (χ0n) is 10.3. The van der Waals surface area contributed by atoms with Crippen molar-refractivity contribution in [3.8, 4) is 0 Å². The number of aromatic nitrogens is 3. The topological polar surface area (TPSA) is 56.7 Å². The van der Waals surface area contributed by atoms with E-state index in [9.17, 15) is 0 Å². The highest BCUT2D eigenvalue weighted by molar-refractivity contribution is 5.18. The fourth-order valence-corrected chi connectivity index (χ4v) is 2.65. The number of rotatable bonds is 4. The van der Waals surface area contributed by atoms with Crippen molar-refractivity contribution < 1.29 is 0 Å². The molecule has 0 spiro atoms. The van der Waals surface area contributed by atoms with Gasteiger partial charge in [-0.3, -0.25) is 0 Å². The van der Waals surface area contributed by atoms with Crippen LogP contribution in [0.2, 0.25) is 0 Å². The molecule has 0 radical (unpaired) electrons. The zero-order valence-corrected chi connectivity index (χ0v) is 10.3. The van der Waals surface area contributed by atoms with Crippen molar-refractivity contribution in [2.75, 3.05) is 6.54 Å². The Balaban J connectivity index is 2.32. The molecule has 4 heteroatoms. The van der Waals surface area contributed by atoms with Gasteiger partial charge in [-0.2, -0.15) is 0 Å². The lowest BCUT2D eigenvalue weighted by Crippen LogP contribution is -2.13. The van der Waals surface area contributed by atoms with E-state index in [0.29, 0.717) is 18.5 Å². The fourth-order valence-electron chi connectivity index (χ4n) is 2.65. The van der Waals surface area contributed by atoms with Crippen molar-refractivity contribution in [2.45, 2.75) is 57.9 Å². The van der Waals surface area contributed by atoms with Gasteiger partial charge in [0.25, 0.3) is 0 Å². The third-order valence-electron chi connectivity index (χ3n) is 3.42. The van der Waals surface area contributed by atoms with Crippen LogP contribution in [0.4, 0.5) is 0 Å². The molecular weight excluding hydrogens is 200 g/mol. The Morgan fingerprint density at radius 2 is 2.06 bits per heavy atom. The minimum absolute atomic E-state index is 0.398. The molecule has 0 amide bonds. The van der Waals surface area contributed by atoms with Crippen molar-refractivity contribution in [2.24, 2.45) is 5.73 Å². The molecule has 2 rings (SSSR count). The molecule has 1 aromatic heterocycles. The minimum atomic E-state index is 0.398. The van der Waals surface area contributed by atoms with Crippen molar-refractivity contribution in [1.82, 2.24) is 15.0 Å². The molecule has 1 aromatic rings. The Kier molecular flexibility index (Phi) is 3.59.